The Hall–Kier alpha value is -0.930. The third-order valence-electron chi connectivity index (χ3n) is 3.18. The van der Waals surface area contributed by atoms with Crippen molar-refractivity contribution in [3.63, 3.8) is 0 Å². The fraction of sp³-hybridized carbons (Fsp3) is 0.571. The van der Waals surface area contributed by atoms with Crippen molar-refractivity contribution in [1.29, 1.82) is 0 Å². The van der Waals surface area contributed by atoms with Crippen LogP contribution >= 0.6 is 0 Å². The van der Waals surface area contributed by atoms with Crippen molar-refractivity contribution in [2.75, 3.05) is 4.92 Å². The maximum atomic E-state index is 2.27. The Kier molecular flexibility index (Phi) is 3.71. The van der Waals surface area contributed by atoms with Gasteiger partial charge in [0.25, 0.3) is 0 Å². The second-order valence-corrected chi connectivity index (χ2v) is 7.00. The number of hydrogen-bond donors (Lipinski definition) is 0. The van der Waals surface area contributed by atoms with Gasteiger partial charge in [-0.2, -0.15) is 0 Å². The molecule has 5 heteroatoms. The standard InChI is InChI=1S/C14H23B2N3/c1-13(2,3)18-15-17(12-10-8-7-9-11-12)19(16-18)14(4,5)6/h7-11H,1-6H3. The normalized spacial score (nSPS) is 18.3. The number of hydrogen-bond acceptors (Lipinski definition) is 3. The molecule has 0 unspecified atom stereocenters. The molecule has 100 valence electrons. The van der Waals surface area contributed by atoms with Gasteiger partial charge < -0.3 is 9.64 Å². The predicted molar refractivity (Wildman–Crippen MR) is 83.6 cm³/mol. The average molecular weight is 255 g/mol. The zero-order valence-electron chi connectivity index (χ0n) is 12.9. The topological polar surface area (TPSA) is 9.72 Å². The van der Waals surface area contributed by atoms with Crippen LogP contribution in [-0.4, -0.2) is 35.8 Å². The number of anilines is 1. The van der Waals surface area contributed by atoms with Gasteiger partial charge in [-0.3, -0.25) is 4.92 Å². The molecule has 0 spiro atoms. The van der Waals surface area contributed by atoms with Crippen LogP contribution in [0, 0.1) is 0 Å². The Balaban J connectivity index is 2.30. The number of nitrogens with zero attached hydrogens (tertiary/aromatic N) is 3. The number of rotatable bonds is 1. The van der Waals surface area contributed by atoms with Crippen LogP contribution in [0.1, 0.15) is 41.5 Å². The molecule has 1 heterocycles. The summed E-state index contributed by atoms with van der Waals surface area (Å²) in [6.07, 6.45) is 0. The van der Waals surface area contributed by atoms with Crippen LogP contribution < -0.4 is 4.92 Å². The van der Waals surface area contributed by atoms with E-state index in [2.05, 4.69) is 95.5 Å². The zero-order chi connectivity index (χ0) is 14.3. The largest absolute Gasteiger partial charge is 0.357 e. The molecule has 1 fully saturated rings. The second-order valence-electron chi connectivity index (χ2n) is 7.00. The van der Waals surface area contributed by atoms with E-state index < -0.39 is 0 Å². The average Bonchev–Trinajstić information content (AvgIpc) is 2.74. The molecular formula is C14H23B2N3. The molecular weight excluding hydrogens is 232 g/mol. The van der Waals surface area contributed by atoms with Gasteiger partial charge in [-0.05, 0) is 59.2 Å². The van der Waals surface area contributed by atoms with Gasteiger partial charge in [-0.25, -0.2) is 0 Å². The minimum Gasteiger partial charge on any atom is -0.351 e. The van der Waals surface area contributed by atoms with Crippen LogP contribution in [0.4, 0.5) is 5.69 Å². The first-order valence-electron chi connectivity index (χ1n) is 6.81. The lowest BCUT2D eigenvalue weighted by molar-refractivity contribution is 0.264. The van der Waals surface area contributed by atoms with Crippen molar-refractivity contribution in [2.45, 2.75) is 52.6 Å². The van der Waals surface area contributed by atoms with Crippen LogP contribution in [0.2, 0.25) is 0 Å². The highest BCUT2D eigenvalue weighted by Crippen LogP contribution is 2.29. The maximum Gasteiger partial charge on any atom is 0.357 e. The highest BCUT2D eigenvalue weighted by Gasteiger charge is 2.42. The zero-order valence-corrected chi connectivity index (χ0v) is 12.9. The van der Waals surface area contributed by atoms with Crippen LogP contribution in [0.3, 0.4) is 0 Å². The third kappa shape index (κ3) is 3.15. The van der Waals surface area contributed by atoms with E-state index >= 15 is 0 Å². The summed E-state index contributed by atoms with van der Waals surface area (Å²) in [5, 5.41) is 0. The molecule has 0 atom stereocenters. The first-order valence-corrected chi connectivity index (χ1v) is 6.81. The summed E-state index contributed by atoms with van der Waals surface area (Å²) in [5.41, 5.74) is 1.29. The smallest absolute Gasteiger partial charge is 0.351 e. The summed E-state index contributed by atoms with van der Waals surface area (Å²) in [6, 6.07) is 10.5. The van der Waals surface area contributed by atoms with Crippen LogP contribution in [0.15, 0.2) is 30.3 Å². The highest BCUT2D eigenvalue weighted by atomic mass is 15.6. The molecule has 19 heavy (non-hydrogen) atoms. The van der Waals surface area contributed by atoms with Crippen molar-refractivity contribution in [1.82, 2.24) is 9.64 Å². The van der Waals surface area contributed by atoms with Gasteiger partial charge in [-0.15, -0.1) is 0 Å². The maximum absolute atomic E-state index is 2.27. The van der Waals surface area contributed by atoms with Gasteiger partial charge in [0.2, 0.25) is 0 Å². The van der Waals surface area contributed by atoms with Crippen molar-refractivity contribution in [2.24, 2.45) is 0 Å². The predicted octanol–water partition coefficient (Wildman–Crippen LogP) is 2.69. The molecule has 0 aliphatic carbocycles. The van der Waals surface area contributed by atoms with E-state index in [1.54, 1.807) is 0 Å². The van der Waals surface area contributed by atoms with E-state index in [1.807, 2.05) is 6.07 Å². The van der Waals surface area contributed by atoms with E-state index in [-0.39, 0.29) is 11.1 Å². The van der Waals surface area contributed by atoms with Gasteiger partial charge in [0.05, 0.1) is 0 Å². The van der Waals surface area contributed by atoms with Gasteiger partial charge in [-0.1, -0.05) is 18.2 Å². The minimum absolute atomic E-state index is 0.0341. The van der Waals surface area contributed by atoms with E-state index in [4.69, 9.17) is 0 Å². The van der Waals surface area contributed by atoms with Gasteiger partial charge >= 0.3 is 15.1 Å². The molecule has 1 saturated heterocycles. The number of benzene rings is 1. The first kappa shape index (κ1) is 14.5. The molecule has 1 aliphatic heterocycles. The van der Waals surface area contributed by atoms with Crippen LogP contribution in [-0.2, 0) is 0 Å². The Morgan fingerprint density at radius 2 is 1.37 bits per heavy atom. The van der Waals surface area contributed by atoms with Crippen molar-refractivity contribution < 1.29 is 0 Å². The third-order valence-corrected chi connectivity index (χ3v) is 3.18. The Bertz CT molecular complexity index is 423. The van der Waals surface area contributed by atoms with Gasteiger partial charge in [0, 0.05) is 11.2 Å². The Morgan fingerprint density at radius 1 is 0.789 bits per heavy atom. The number of para-hydroxylation sites is 1. The summed E-state index contributed by atoms with van der Waals surface area (Å²) in [4.78, 5) is 4.48. The lowest BCUT2D eigenvalue weighted by Crippen LogP contribution is -2.51. The molecule has 1 aliphatic rings. The Labute approximate surface area is 119 Å². The molecule has 2 rings (SSSR count). The molecule has 3 nitrogen and oxygen atoms in total. The van der Waals surface area contributed by atoms with Crippen molar-refractivity contribution >= 4 is 20.8 Å². The van der Waals surface area contributed by atoms with E-state index in [0.717, 1.165) is 0 Å². The van der Waals surface area contributed by atoms with E-state index in [0.29, 0.717) is 0 Å². The van der Waals surface area contributed by atoms with Crippen molar-refractivity contribution in [3.8, 4) is 0 Å². The molecule has 0 amide bonds. The minimum atomic E-state index is 0.0341. The first-order chi connectivity index (χ1) is 8.69. The van der Waals surface area contributed by atoms with Crippen LogP contribution in [0.25, 0.3) is 0 Å². The molecule has 0 saturated carbocycles. The summed E-state index contributed by atoms with van der Waals surface area (Å²) in [7, 11) is 4.35. The van der Waals surface area contributed by atoms with Gasteiger partial charge in [0.1, 0.15) is 0 Å². The Morgan fingerprint density at radius 3 is 1.84 bits per heavy atom. The highest BCUT2D eigenvalue weighted by molar-refractivity contribution is 6.58. The lowest BCUT2D eigenvalue weighted by atomic mass is 9.86. The van der Waals surface area contributed by atoms with Crippen molar-refractivity contribution in [3.05, 3.63) is 30.3 Å². The lowest BCUT2D eigenvalue weighted by Gasteiger charge is -2.40. The fourth-order valence-corrected chi connectivity index (χ4v) is 1.99. The molecule has 0 aromatic heterocycles. The fourth-order valence-electron chi connectivity index (χ4n) is 1.99. The summed E-state index contributed by atoms with van der Waals surface area (Å²) >= 11 is 0. The molecule has 0 bridgehead atoms. The van der Waals surface area contributed by atoms with E-state index in [9.17, 15) is 0 Å². The molecule has 1 aromatic rings. The monoisotopic (exact) mass is 255 g/mol. The quantitative estimate of drug-likeness (QED) is 0.714. The second kappa shape index (κ2) is 4.88. The summed E-state index contributed by atoms with van der Waals surface area (Å²) in [5.74, 6) is 0. The van der Waals surface area contributed by atoms with E-state index in [1.165, 1.54) is 5.69 Å². The molecule has 0 N–H and O–H groups in total. The number of hydrazine groups is 1. The summed E-state index contributed by atoms with van der Waals surface area (Å²) in [6.45, 7) is 13.3. The SMILES string of the molecule is CC(C)(C)N1[B]N(c2ccccc2)N(C(C)(C)C)[B]1. The molecule has 2 radical (unpaired) electrons. The molecule has 1 aromatic carbocycles. The van der Waals surface area contributed by atoms with Gasteiger partial charge in [0.15, 0.2) is 0 Å². The summed E-state index contributed by atoms with van der Waals surface area (Å²) < 4.78 is 2.26. The van der Waals surface area contributed by atoms with Crippen LogP contribution in [0.5, 0.6) is 0 Å².